The van der Waals surface area contributed by atoms with Crippen molar-refractivity contribution in [3.8, 4) is 17.2 Å². The lowest BCUT2D eigenvalue weighted by Crippen LogP contribution is -2.47. The van der Waals surface area contributed by atoms with E-state index in [1.807, 2.05) is 69.3 Å². The molecular formula is C34H44N4O5. The van der Waals surface area contributed by atoms with Crippen molar-refractivity contribution in [2.75, 3.05) is 32.1 Å². The van der Waals surface area contributed by atoms with Crippen molar-refractivity contribution in [1.29, 1.82) is 0 Å². The number of aliphatic hydroxyl groups is 1. The van der Waals surface area contributed by atoms with Crippen molar-refractivity contribution in [2.45, 2.75) is 58.8 Å². The minimum Gasteiger partial charge on any atom is -0.488 e. The number of urea groups is 1. The number of carbonyl (C=O) groups excluding carboxylic acids is 2. The Morgan fingerprint density at radius 1 is 1.07 bits per heavy atom. The van der Waals surface area contributed by atoms with Crippen molar-refractivity contribution in [3.63, 3.8) is 0 Å². The molecule has 0 spiro atoms. The highest BCUT2D eigenvalue weighted by molar-refractivity contribution is 5.90. The van der Waals surface area contributed by atoms with Crippen molar-refractivity contribution >= 4 is 17.6 Å². The van der Waals surface area contributed by atoms with Crippen LogP contribution in [0.2, 0.25) is 0 Å². The van der Waals surface area contributed by atoms with Crippen LogP contribution >= 0.6 is 0 Å². The molecule has 230 valence electrons. The second-order valence-electron chi connectivity index (χ2n) is 11.7. The van der Waals surface area contributed by atoms with Crippen molar-refractivity contribution in [2.24, 2.45) is 5.92 Å². The average Bonchev–Trinajstić information content (AvgIpc) is 3.01. The predicted molar refractivity (Wildman–Crippen MR) is 169 cm³/mol. The maximum absolute atomic E-state index is 13.5. The van der Waals surface area contributed by atoms with Gasteiger partial charge in [-0.2, -0.15) is 0 Å². The Morgan fingerprint density at radius 3 is 2.44 bits per heavy atom. The molecule has 0 bridgehead atoms. The van der Waals surface area contributed by atoms with Crippen molar-refractivity contribution in [1.82, 2.24) is 15.1 Å². The molecule has 0 unspecified atom stereocenters. The van der Waals surface area contributed by atoms with Crippen LogP contribution in [0, 0.1) is 5.92 Å². The van der Waals surface area contributed by atoms with Gasteiger partial charge in [-0.3, -0.25) is 9.69 Å². The molecule has 9 heteroatoms. The molecule has 0 fully saturated rings. The van der Waals surface area contributed by atoms with Crippen LogP contribution in [0.4, 0.5) is 10.5 Å². The summed E-state index contributed by atoms with van der Waals surface area (Å²) in [6, 6.07) is 22.5. The SMILES string of the molecule is CC(C)NC(=O)Nc1ccc2c(c1)CC(=O)N([C@@H](C)CO)C[C@@H](C)[C@H](CN(C)Cc1ccc(Oc3ccccc3)cc1)O2. The van der Waals surface area contributed by atoms with Gasteiger partial charge in [-0.1, -0.05) is 37.3 Å². The van der Waals surface area contributed by atoms with Gasteiger partial charge >= 0.3 is 6.03 Å². The van der Waals surface area contributed by atoms with E-state index in [9.17, 15) is 14.7 Å². The molecule has 0 saturated carbocycles. The molecule has 1 aliphatic heterocycles. The molecule has 0 aromatic heterocycles. The van der Waals surface area contributed by atoms with E-state index < -0.39 is 0 Å². The molecule has 3 aromatic rings. The molecule has 3 N–H and O–H groups in total. The molecule has 9 nitrogen and oxygen atoms in total. The lowest BCUT2D eigenvalue weighted by Gasteiger charge is -2.34. The van der Waals surface area contributed by atoms with Gasteiger partial charge < -0.3 is 30.1 Å². The van der Waals surface area contributed by atoms with Gasteiger partial charge in [0, 0.05) is 42.8 Å². The Labute approximate surface area is 254 Å². The first-order chi connectivity index (χ1) is 20.6. The predicted octanol–water partition coefficient (Wildman–Crippen LogP) is 5.29. The molecule has 3 atom stereocenters. The molecule has 1 aliphatic rings. The minimum atomic E-state index is -0.329. The largest absolute Gasteiger partial charge is 0.488 e. The third-order valence-corrected chi connectivity index (χ3v) is 7.44. The third-order valence-electron chi connectivity index (χ3n) is 7.44. The first kappa shape index (κ1) is 31.8. The minimum absolute atomic E-state index is 0.00825. The summed E-state index contributed by atoms with van der Waals surface area (Å²) in [5.41, 5.74) is 2.41. The zero-order valence-electron chi connectivity index (χ0n) is 25.7. The van der Waals surface area contributed by atoms with Crippen LogP contribution < -0.4 is 20.1 Å². The number of nitrogens with one attached hydrogen (secondary N) is 2. The number of hydrogen-bond donors (Lipinski definition) is 3. The summed E-state index contributed by atoms with van der Waals surface area (Å²) in [5, 5.41) is 15.6. The number of ether oxygens (including phenoxy) is 2. The molecule has 4 rings (SSSR count). The number of para-hydroxylation sites is 1. The van der Waals surface area contributed by atoms with Crippen LogP contribution in [-0.2, 0) is 17.8 Å². The van der Waals surface area contributed by atoms with Gasteiger partial charge in [0.25, 0.3) is 0 Å². The van der Waals surface area contributed by atoms with Crippen LogP contribution in [0.5, 0.6) is 17.2 Å². The summed E-state index contributed by atoms with van der Waals surface area (Å²) in [5.74, 6) is 2.09. The van der Waals surface area contributed by atoms with E-state index >= 15 is 0 Å². The Morgan fingerprint density at radius 2 is 1.77 bits per heavy atom. The quantitative estimate of drug-likeness (QED) is 0.298. The Kier molecular flexibility index (Phi) is 11.0. The van der Waals surface area contributed by atoms with Crippen LogP contribution in [-0.4, -0.2) is 71.8 Å². The number of fused-ring (bicyclic) bond motifs is 1. The molecule has 1 heterocycles. The molecule has 0 aliphatic carbocycles. The fourth-order valence-electron chi connectivity index (χ4n) is 5.13. The number of aliphatic hydroxyl groups excluding tert-OH is 1. The monoisotopic (exact) mass is 588 g/mol. The summed E-state index contributed by atoms with van der Waals surface area (Å²) in [6.07, 6.45) is -0.125. The fraction of sp³-hybridized carbons (Fsp3) is 0.412. The van der Waals surface area contributed by atoms with Crippen LogP contribution in [0.3, 0.4) is 0 Å². The van der Waals surface area contributed by atoms with E-state index in [0.29, 0.717) is 36.6 Å². The van der Waals surface area contributed by atoms with Gasteiger partial charge in [-0.05, 0) is 75.8 Å². The number of carbonyl (C=O) groups is 2. The zero-order chi connectivity index (χ0) is 30.9. The van der Waals surface area contributed by atoms with Gasteiger partial charge in [-0.25, -0.2) is 4.79 Å². The van der Waals surface area contributed by atoms with Gasteiger partial charge in [0.1, 0.15) is 23.4 Å². The smallest absolute Gasteiger partial charge is 0.319 e. The molecule has 0 saturated heterocycles. The number of hydrogen-bond acceptors (Lipinski definition) is 6. The van der Waals surface area contributed by atoms with Gasteiger partial charge in [-0.15, -0.1) is 0 Å². The highest BCUT2D eigenvalue weighted by Gasteiger charge is 2.31. The van der Waals surface area contributed by atoms with E-state index in [1.54, 1.807) is 17.0 Å². The van der Waals surface area contributed by atoms with E-state index in [2.05, 4.69) is 41.6 Å². The summed E-state index contributed by atoms with van der Waals surface area (Å²) >= 11 is 0. The van der Waals surface area contributed by atoms with Crippen molar-refractivity contribution in [3.05, 3.63) is 83.9 Å². The Balaban J connectivity index is 1.50. The van der Waals surface area contributed by atoms with E-state index in [0.717, 1.165) is 17.1 Å². The summed E-state index contributed by atoms with van der Waals surface area (Å²) in [6.45, 7) is 9.37. The van der Waals surface area contributed by atoms with E-state index in [1.165, 1.54) is 0 Å². The number of amides is 3. The summed E-state index contributed by atoms with van der Waals surface area (Å²) in [4.78, 5) is 29.7. The molecule has 3 amide bonds. The fourth-order valence-corrected chi connectivity index (χ4v) is 5.13. The highest BCUT2D eigenvalue weighted by atomic mass is 16.5. The van der Waals surface area contributed by atoms with Crippen LogP contribution in [0.15, 0.2) is 72.8 Å². The van der Waals surface area contributed by atoms with E-state index in [-0.39, 0.29) is 49.1 Å². The summed E-state index contributed by atoms with van der Waals surface area (Å²) in [7, 11) is 2.05. The van der Waals surface area contributed by atoms with Gasteiger partial charge in [0.15, 0.2) is 0 Å². The number of anilines is 1. The Hall–Kier alpha value is -4.08. The maximum atomic E-state index is 13.5. The molecular weight excluding hydrogens is 544 g/mol. The number of likely N-dealkylation sites (N-methyl/N-ethyl adjacent to an activating group) is 1. The first-order valence-corrected chi connectivity index (χ1v) is 14.9. The van der Waals surface area contributed by atoms with Gasteiger partial charge in [0.05, 0.1) is 19.1 Å². The molecule has 0 radical (unpaired) electrons. The van der Waals surface area contributed by atoms with Crippen molar-refractivity contribution < 1.29 is 24.2 Å². The second kappa shape index (κ2) is 14.9. The van der Waals surface area contributed by atoms with Crippen LogP contribution in [0.1, 0.15) is 38.8 Å². The standard InChI is InChI=1S/C34H44N4O5/c1-23(2)35-34(41)36-28-13-16-31-27(17-28)18-33(40)38(25(4)22-39)19-24(3)32(43-31)21-37(5)20-26-11-14-30(15-12-26)42-29-9-7-6-8-10-29/h6-17,23-25,32,39H,18-22H2,1-5H3,(H2,35,36,41)/t24-,25+,32+/m1/s1. The summed E-state index contributed by atoms with van der Waals surface area (Å²) < 4.78 is 12.6. The van der Waals surface area contributed by atoms with Crippen LogP contribution in [0.25, 0.3) is 0 Å². The molecule has 43 heavy (non-hydrogen) atoms. The van der Waals surface area contributed by atoms with E-state index in [4.69, 9.17) is 9.47 Å². The lowest BCUT2D eigenvalue weighted by atomic mass is 10.0. The van der Waals surface area contributed by atoms with Gasteiger partial charge in [0.2, 0.25) is 5.91 Å². The number of benzene rings is 3. The molecule has 3 aromatic carbocycles. The number of nitrogens with zero attached hydrogens (tertiary/aromatic N) is 2. The highest BCUT2D eigenvalue weighted by Crippen LogP contribution is 2.29. The normalized spacial score (nSPS) is 17.8. The topological polar surface area (TPSA) is 103 Å². The second-order valence-corrected chi connectivity index (χ2v) is 11.7. The first-order valence-electron chi connectivity index (χ1n) is 14.9. The number of rotatable bonds is 10. The average molecular weight is 589 g/mol. The Bertz CT molecular complexity index is 1350. The third kappa shape index (κ3) is 9.20. The maximum Gasteiger partial charge on any atom is 0.319 e. The zero-order valence-corrected chi connectivity index (χ0v) is 25.7. The lowest BCUT2D eigenvalue weighted by molar-refractivity contribution is -0.134.